The first-order valence-corrected chi connectivity index (χ1v) is 17.6. The van der Waals surface area contributed by atoms with Crippen LogP contribution in [0.4, 0.5) is 4.79 Å². The second-order valence-electron chi connectivity index (χ2n) is 14.3. The molecule has 1 aromatic heterocycles. The van der Waals surface area contributed by atoms with E-state index < -0.39 is 53.0 Å². The highest BCUT2D eigenvalue weighted by molar-refractivity contribution is 7.13. The van der Waals surface area contributed by atoms with Crippen LogP contribution >= 0.6 is 11.3 Å². The van der Waals surface area contributed by atoms with Crippen molar-refractivity contribution in [1.29, 1.82) is 0 Å². The van der Waals surface area contributed by atoms with Gasteiger partial charge in [-0.05, 0) is 46.5 Å². The van der Waals surface area contributed by atoms with Crippen molar-refractivity contribution < 1.29 is 33.8 Å². The molecule has 4 amide bonds. The zero-order valence-corrected chi connectivity index (χ0v) is 28.3. The number of likely N-dealkylation sites (tertiary alicyclic amines) is 1. The summed E-state index contributed by atoms with van der Waals surface area (Å²) in [4.78, 5) is 75.2. The van der Waals surface area contributed by atoms with E-state index in [1.807, 2.05) is 42.5 Å². The van der Waals surface area contributed by atoms with Gasteiger partial charge in [0.1, 0.15) is 33.9 Å². The van der Waals surface area contributed by atoms with Gasteiger partial charge < -0.3 is 30.3 Å². The molecular weight excluding hydrogens is 634 g/mol. The number of nitrogens with one attached hydrogen (secondary N) is 2. The summed E-state index contributed by atoms with van der Waals surface area (Å²) in [5, 5.41) is 18.2. The van der Waals surface area contributed by atoms with Crippen LogP contribution in [0.5, 0.6) is 0 Å². The minimum Gasteiger partial charge on any atom is -0.479 e. The number of amides is 4. The Morgan fingerprint density at radius 3 is 2.58 bits per heavy atom. The molecule has 3 N–H and O–H groups in total. The molecule has 13 heteroatoms. The Labute approximate surface area is 283 Å². The Kier molecular flexibility index (Phi) is 9.34. The fourth-order valence-electron chi connectivity index (χ4n) is 7.23. The van der Waals surface area contributed by atoms with Crippen molar-refractivity contribution in [1.82, 2.24) is 25.4 Å². The molecule has 6 rings (SSSR count). The van der Waals surface area contributed by atoms with Gasteiger partial charge in [-0.2, -0.15) is 0 Å². The number of aromatic nitrogens is 1. The van der Waals surface area contributed by atoms with E-state index in [1.165, 1.54) is 16.2 Å². The fourth-order valence-corrected chi connectivity index (χ4v) is 8.03. The van der Waals surface area contributed by atoms with E-state index in [1.54, 1.807) is 31.1 Å². The van der Waals surface area contributed by atoms with Gasteiger partial charge in [0.05, 0.1) is 0 Å². The Hall–Kier alpha value is -4.26. The number of ether oxygens (including phenoxy) is 1. The Morgan fingerprint density at radius 1 is 1.08 bits per heavy atom. The Morgan fingerprint density at radius 2 is 1.85 bits per heavy atom. The average molecular weight is 678 g/mol. The van der Waals surface area contributed by atoms with E-state index in [4.69, 9.17) is 4.74 Å². The predicted octanol–water partition coefficient (Wildman–Crippen LogP) is 4.08. The van der Waals surface area contributed by atoms with E-state index in [0.717, 1.165) is 29.8 Å². The molecule has 3 aliphatic heterocycles. The number of hydrogen-bond acceptors (Lipinski definition) is 8. The number of alkyl carbamates (subject to hydrolysis) is 1. The van der Waals surface area contributed by atoms with Crippen LogP contribution in [0.2, 0.25) is 0 Å². The predicted molar refractivity (Wildman–Crippen MR) is 178 cm³/mol. The monoisotopic (exact) mass is 677 g/mol. The van der Waals surface area contributed by atoms with Gasteiger partial charge in [-0.3, -0.25) is 14.4 Å². The van der Waals surface area contributed by atoms with Crippen molar-refractivity contribution in [2.45, 2.75) is 82.5 Å². The third-order valence-corrected chi connectivity index (χ3v) is 10.6. The molecule has 4 heterocycles. The fraction of sp³-hybridized carbons (Fsp3) is 0.543. The maximum Gasteiger partial charge on any atom is 0.408 e. The van der Waals surface area contributed by atoms with Crippen LogP contribution in [0, 0.1) is 17.8 Å². The van der Waals surface area contributed by atoms with Gasteiger partial charge in [0.25, 0.3) is 5.91 Å². The molecule has 0 radical (unpaired) electrons. The van der Waals surface area contributed by atoms with Crippen LogP contribution in [0.15, 0.2) is 47.9 Å². The van der Waals surface area contributed by atoms with Crippen molar-refractivity contribution in [3.8, 4) is 10.6 Å². The Balaban J connectivity index is 1.26. The molecule has 6 atom stereocenters. The van der Waals surface area contributed by atoms with Crippen LogP contribution in [0.3, 0.4) is 0 Å². The highest BCUT2D eigenvalue weighted by atomic mass is 32.1. The molecule has 48 heavy (non-hydrogen) atoms. The second kappa shape index (κ2) is 13.3. The SMILES string of the molecule is CC(C)(C)OC(=O)N[C@@H]1CCCCC/C=C\[C@H]2C[C@@]2(C(=O)O)NC(=O)[C@@H]2[C@H]3CN(C(=O)c4csc(-c5ccccc5)n4)C[C@H]3CN2C1=O. The van der Waals surface area contributed by atoms with E-state index in [2.05, 4.69) is 15.6 Å². The number of hydrogen-bond donors (Lipinski definition) is 3. The highest BCUT2D eigenvalue weighted by Gasteiger charge is 2.62. The van der Waals surface area contributed by atoms with E-state index >= 15 is 0 Å². The van der Waals surface area contributed by atoms with Crippen molar-refractivity contribution in [2.24, 2.45) is 17.8 Å². The minimum absolute atomic E-state index is 0.188. The lowest BCUT2D eigenvalue weighted by molar-refractivity contribution is -0.146. The average Bonchev–Trinajstić information content (AvgIpc) is 3.37. The van der Waals surface area contributed by atoms with E-state index in [0.29, 0.717) is 25.1 Å². The number of carboxylic acid groups (broad SMARTS) is 1. The lowest BCUT2D eigenvalue weighted by atomic mass is 9.93. The number of carbonyl (C=O) groups excluding carboxylic acids is 4. The summed E-state index contributed by atoms with van der Waals surface area (Å²) in [5.74, 6) is -3.35. The number of aliphatic carboxylic acids is 1. The molecule has 1 aromatic carbocycles. The quantitative estimate of drug-likeness (QED) is 0.409. The Bertz CT molecular complexity index is 1600. The summed E-state index contributed by atoms with van der Waals surface area (Å²) >= 11 is 1.38. The minimum atomic E-state index is -1.45. The number of carbonyl (C=O) groups is 5. The van der Waals surface area contributed by atoms with Crippen LogP contribution in [-0.4, -0.2) is 92.5 Å². The topological polar surface area (TPSA) is 158 Å². The molecule has 12 nitrogen and oxygen atoms in total. The van der Waals surface area contributed by atoms with Crippen LogP contribution in [0.1, 0.15) is 69.8 Å². The molecule has 0 unspecified atom stereocenters. The number of rotatable bonds is 4. The molecule has 2 saturated heterocycles. The summed E-state index contributed by atoms with van der Waals surface area (Å²) in [5.41, 5.74) is -0.987. The summed E-state index contributed by atoms with van der Waals surface area (Å²) in [6, 6.07) is 7.65. The van der Waals surface area contributed by atoms with Gasteiger partial charge in [-0.25, -0.2) is 14.6 Å². The number of allylic oxidation sites excluding steroid dienone is 1. The van der Waals surface area contributed by atoms with E-state index in [-0.39, 0.29) is 37.3 Å². The van der Waals surface area contributed by atoms with Gasteiger partial charge in [-0.1, -0.05) is 55.3 Å². The number of benzene rings is 1. The zero-order valence-electron chi connectivity index (χ0n) is 27.5. The van der Waals surface area contributed by atoms with E-state index in [9.17, 15) is 29.1 Å². The molecule has 1 saturated carbocycles. The van der Waals surface area contributed by atoms with Crippen LogP contribution < -0.4 is 10.6 Å². The van der Waals surface area contributed by atoms with Crippen LogP contribution in [0.25, 0.3) is 10.6 Å². The van der Waals surface area contributed by atoms with Crippen molar-refractivity contribution in [2.75, 3.05) is 19.6 Å². The molecule has 2 aromatic rings. The number of nitrogens with zero attached hydrogens (tertiary/aromatic N) is 3. The van der Waals surface area contributed by atoms with Crippen molar-refractivity contribution in [3.05, 3.63) is 53.6 Å². The van der Waals surface area contributed by atoms with Crippen molar-refractivity contribution >= 4 is 41.1 Å². The largest absolute Gasteiger partial charge is 0.479 e. The molecule has 4 aliphatic rings. The first-order valence-electron chi connectivity index (χ1n) is 16.7. The lowest BCUT2D eigenvalue weighted by Gasteiger charge is -2.32. The normalized spacial score (nSPS) is 29.8. The van der Waals surface area contributed by atoms with Gasteiger partial charge >= 0.3 is 12.1 Å². The van der Waals surface area contributed by atoms with Gasteiger partial charge in [-0.15, -0.1) is 11.3 Å². The molecule has 1 aliphatic carbocycles. The second-order valence-corrected chi connectivity index (χ2v) is 15.2. The first-order chi connectivity index (χ1) is 22.9. The number of thiazole rings is 1. The molecule has 0 spiro atoms. The lowest BCUT2D eigenvalue weighted by Crippen LogP contribution is -2.58. The molecule has 0 bridgehead atoms. The summed E-state index contributed by atoms with van der Waals surface area (Å²) in [6.07, 6.45) is 6.80. The number of fused-ring (bicyclic) bond motifs is 4. The number of carboxylic acids is 1. The van der Waals surface area contributed by atoms with Gasteiger partial charge in [0, 0.05) is 48.3 Å². The third-order valence-electron chi connectivity index (χ3n) is 9.71. The third kappa shape index (κ3) is 6.96. The summed E-state index contributed by atoms with van der Waals surface area (Å²) < 4.78 is 5.47. The van der Waals surface area contributed by atoms with Crippen molar-refractivity contribution in [3.63, 3.8) is 0 Å². The summed E-state index contributed by atoms with van der Waals surface area (Å²) in [7, 11) is 0. The maximum atomic E-state index is 14.3. The zero-order chi connectivity index (χ0) is 34.2. The maximum absolute atomic E-state index is 14.3. The van der Waals surface area contributed by atoms with Gasteiger partial charge in [0.15, 0.2) is 0 Å². The summed E-state index contributed by atoms with van der Waals surface area (Å²) in [6.45, 7) is 5.93. The van der Waals surface area contributed by atoms with Crippen LogP contribution in [-0.2, 0) is 19.1 Å². The smallest absolute Gasteiger partial charge is 0.408 e. The standard InChI is InChI=1S/C35H43N5O7S/c1-34(2,3)47-33(46)37-25-15-11-6-4-5-10-14-23-16-35(23,32(44)45)38-28(41)27-24-19-39(17-22(24)18-40(27)31(25)43)30(42)26-20-48-29(36-26)21-12-8-7-9-13-21/h7-10,12-14,20,22-25,27H,4-6,11,15-19H2,1-3H3,(H,37,46)(H,38,41)(H,44,45)/b14-10-/t22-,23-,24-,25+,27-,35+/m0/s1. The molecule has 256 valence electrons. The highest BCUT2D eigenvalue weighted by Crippen LogP contribution is 2.46. The first kappa shape index (κ1) is 33.6. The molecule has 3 fully saturated rings. The van der Waals surface area contributed by atoms with Gasteiger partial charge in [0.2, 0.25) is 11.8 Å². The molecular formula is C35H43N5O7S.